The highest BCUT2D eigenvalue weighted by molar-refractivity contribution is 5.76. The number of carbonyl (C=O) groups excluding carboxylic acids is 1. The van der Waals surface area contributed by atoms with Crippen molar-refractivity contribution < 1.29 is 4.79 Å². The first-order valence-corrected chi connectivity index (χ1v) is 7.60. The molecule has 0 heterocycles. The lowest BCUT2D eigenvalue weighted by atomic mass is 9.94. The molecule has 0 aliphatic rings. The van der Waals surface area contributed by atoms with Crippen molar-refractivity contribution in [3.05, 3.63) is 35.4 Å². The normalized spacial score (nSPS) is 12.4. The maximum absolute atomic E-state index is 12.0. The van der Waals surface area contributed by atoms with E-state index >= 15 is 0 Å². The maximum Gasteiger partial charge on any atom is 0.220 e. The number of nitrogens with two attached hydrogens (primary N) is 1. The van der Waals surface area contributed by atoms with Gasteiger partial charge in [-0.05, 0) is 42.3 Å². The average molecular weight is 276 g/mol. The standard InChI is InChI=1S/C17H28N2O/c1-4-15-7-5-6-8-16(15)12-19-17(20)10-14(11-18)9-13(2)3/h5-8,13-14H,4,9-12,18H2,1-3H3,(H,19,20). The van der Waals surface area contributed by atoms with Gasteiger partial charge < -0.3 is 11.1 Å². The Morgan fingerprint density at radius 2 is 1.90 bits per heavy atom. The van der Waals surface area contributed by atoms with Crippen molar-refractivity contribution >= 4 is 5.91 Å². The van der Waals surface area contributed by atoms with Crippen LogP contribution in [0.3, 0.4) is 0 Å². The molecule has 1 atom stereocenters. The summed E-state index contributed by atoms with van der Waals surface area (Å²) >= 11 is 0. The fourth-order valence-electron chi connectivity index (χ4n) is 2.53. The van der Waals surface area contributed by atoms with Crippen molar-refractivity contribution in [1.29, 1.82) is 0 Å². The van der Waals surface area contributed by atoms with Crippen LogP contribution in [0.5, 0.6) is 0 Å². The van der Waals surface area contributed by atoms with Gasteiger partial charge in [0.15, 0.2) is 0 Å². The molecule has 1 rings (SSSR count). The monoisotopic (exact) mass is 276 g/mol. The Morgan fingerprint density at radius 1 is 1.25 bits per heavy atom. The van der Waals surface area contributed by atoms with Gasteiger partial charge in [-0.25, -0.2) is 0 Å². The molecule has 1 amide bonds. The molecule has 1 aromatic rings. The van der Waals surface area contributed by atoms with Gasteiger partial charge in [-0.2, -0.15) is 0 Å². The van der Waals surface area contributed by atoms with Crippen LogP contribution >= 0.6 is 0 Å². The number of rotatable bonds is 8. The predicted octanol–water partition coefficient (Wildman–Crippen LogP) is 2.88. The fraction of sp³-hybridized carbons (Fsp3) is 0.588. The SMILES string of the molecule is CCc1ccccc1CNC(=O)CC(CN)CC(C)C. The molecule has 3 heteroatoms. The summed E-state index contributed by atoms with van der Waals surface area (Å²) in [7, 11) is 0. The molecule has 0 aliphatic heterocycles. The first-order valence-electron chi connectivity index (χ1n) is 7.60. The minimum absolute atomic E-state index is 0.104. The Hall–Kier alpha value is -1.35. The van der Waals surface area contributed by atoms with E-state index < -0.39 is 0 Å². The van der Waals surface area contributed by atoms with Gasteiger partial charge >= 0.3 is 0 Å². The molecule has 0 aromatic heterocycles. The largest absolute Gasteiger partial charge is 0.352 e. The first-order chi connectivity index (χ1) is 9.56. The van der Waals surface area contributed by atoms with Crippen molar-refractivity contribution in [1.82, 2.24) is 5.32 Å². The molecule has 112 valence electrons. The van der Waals surface area contributed by atoms with Gasteiger partial charge in [0.1, 0.15) is 0 Å². The van der Waals surface area contributed by atoms with E-state index in [9.17, 15) is 4.79 Å². The summed E-state index contributed by atoms with van der Waals surface area (Å²) in [6, 6.07) is 8.25. The van der Waals surface area contributed by atoms with Crippen LogP contribution in [0.25, 0.3) is 0 Å². The lowest BCUT2D eigenvalue weighted by Crippen LogP contribution is -2.28. The van der Waals surface area contributed by atoms with Gasteiger partial charge in [-0.15, -0.1) is 0 Å². The molecule has 0 saturated heterocycles. The van der Waals surface area contributed by atoms with Crippen LogP contribution in [0.15, 0.2) is 24.3 Å². The van der Waals surface area contributed by atoms with Crippen LogP contribution in [-0.2, 0) is 17.8 Å². The van der Waals surface area contributed by atoms with Crippen LogP contribution in [0.1, 0.15) is 44.7 Å². The molecule has 0 radical (unpaired) electrons. The van der Waals surface area contributed by atoms with Gasteiger partial charge in [0.25, 0.3) is 0 Å². The number of amides is 1. The van der Waals surface area contributed by atoms with Gasteiger partial charge in [0, 0.05) is 13.0 Å². The molecular weight excluding hydrogens is 248 g/mol. The minimum Gasteiger partial charge on any atom is -0.352 e. The van der Waals surface area contributed by atoms with E-state index in [1.54, 1.807) is 0 Å². The number of benzene rings is 1. The Kier molecular flexibility index (Phi) is 7.31. The van der Waals surface area contributed by atoms with Gasteiger partial charge in [0.05, 0.1) is 0 Å². The van der Waals surface area contributed by atoms with E-state index in [0.29, 0.717) is 25.4 Å². The number of carbonyl (C=O) groups is 1. The highest BCUT2D eigenvalue weighted by atomic mass is 16.1. The van der Waals surface area contributed by atoms with E-state index in [4.69, 9.17) is 5.73 Å². The van der Waals surface area contributed by atoms with Crippen LogP contribution in [0, 0.1) is 11.8 Å². The summed E-state index contributed by atoms with van der Waals surface area (Å²) in [5.74, 6) is 0.973. The lowest BCUT2D eigenvalue weighted by Gasteiger charge is -2.17. The molecule has 0 spiro atoms. The number of hydrogen-bond donors (Lipinski definition) is 2. The van der Waals surface area contributed by atoms with Crippen LogP contribution in [-0.4, -0.2) is 12.5 Å². The second kappa shape index (κ2) is 8.75. The Morgan fingerprint density at radius 3 is 2.45 bits per heavy atom. The second-order valence-electron chi connectivity index (χ2n) is 5.83. The molecule has 3 nitrogen and oxygen atoms in total. The van der Waals surface area contributed by atoms with E-state index in [1.807, 2.05) is 12.1 Å². The molecule has 0 fully saturated rings. The van der Waals surface area contributed by atoms with Gasteiger partial charge in [-0.3, -0.25) is 4.79 Å². The van der Waals surface area contributed by atoms with Crippen molar-refractivity contribution in [2.45, 2.75) is 46.6 Å². The molecule has 0 aliphatic carbocycles. The summed E-state index contributed by atoms with van der Waals surface area (Å²) in [5.41, 5.74) is 8.24. The predicted molar refractivity (Wildman–Crippen MR) is 84.3 cm³/mol. The lowest BCUT2D eigenvalue weighted by molar-refractivity contribution is -0.122. The average Bonchev–Trinajstić information content (AvgIpc) is 2.44. The molecule has 3 N–H and O–H groups in total. The quantitative estimate of drug-likeness (QED) is 0.767. The zero-order valence-corrected chi connectivity index (χ0v) is 13.0. The summed E-state index contributed by atoms with van der Waals surface area (Å²) in [6.45, 7) is 7.66. The molecule has 0 bridgehead atoms. The molecular formula is C17H28N2O. The summed E-state index contributed by atoms with van der Waals surface area (Å²) in [6.07, 6.45) is 2.53. The van der Waals surface area contributed by atoms with Crippen molar-refractivity contribution in [3.63, 3.8) is 0 Å². The molecule has 0 saturated carbocycles. The van der Waals surface area contributed by atoms with Crippen molar-refractivity contribution in [2.24, 2.45) is 17.6 Å². The number of hydrogen-bond acceptors (Lipinski definition) is 2. The highest BCUT2D eigenvalue weighted by Crippen LogP contribution is 2.14. The van der Waals surface area contributed by atoms with E-state index in [2.05, 4.69) is 38.2 Å². The van der Waals surface area contributed by atoms with E-state index in [1.165, 1.54) is 11.1 Å². The molecule has 1 unspecified atom stereocenters. The van der Waals surface area contributed by atoms with E-state index in [0.717, 1.165) is 12.8 Å². The molecule has 20 heavy (non-hydrogen) atoms. The second-order valence-corrected chi connectivity index (χ2v) is 5.83. The Bertz CT molecular complexity index is 415. The van der Waals surface area contributed by atoms with Gasteiger partial charge in [0.2, 0.25) is 5.91 Å². The van der Waals surface area contributed by atoms with Crippen LogP contribution in [0.4, 0.5) is 0 Å². The fourth-order valence-corrected chi connectivity index (χ4v) is 2.53. The van der Waals surface area contributed by atoms with Crippen molar-refractivity contribution in [2.75, 3.05) is 6.54 Å². The van der Waals surface area contributed by atoms with Crippen LogP contribution < -0.4 is 11.1 Å². The van der Waals surface area contributed by atoms with Crippen molar-refractivity contribution in [3.8, 4) is 0 Å². The maximum atomic E-state index is 12.0. The topological polar surface area (TPSA) is 55.1 Å². The highest BCUT2D eigenvalue weighted by Gasteiger charge is 2.14. The van der Waals surface area contributed by atoms with Gasteiger partial charge in [-0.1, -0.05) is 45.0 Å². The minimum atomic E-state index is 0.104. The van der Waals surface area contributed by atoms with Crippen LogP contribution in [0.2, 0.25) is 0 Å². The molecule has 1 aromatic carbocycles. The zero-order chi connectivity index (χ0) is 15.0. The first kappa shape index (κ1) is 16.7. The summed E-state index contributed by atoms with van der Waals surface area (Å²) < 4.78 is 0. The Balaban J connectivity index is 2.46. The Labute approximate surface area is 122 Å². The third-order valence-corrected chi connectivity index (χ3v) is 3.59. The van der Waals surface area contributed by atoms with E-state index in [-0.39, 0.29) is 11.8 Å². The third-order valence-electron chi connectivity index (χ3n) is 3.59. The smallest absolute Gasteiger partial charge is 0.220 e. The summed E-state index contributed by atoms with van der Waals surface area (Å²) in [4.78, 5) is 12.0. The zero-order valence-electron chi connectivity index (χ0n) is 13.0. The summed E-state index contributed by atoms with van der Waals surface area (Å²) in [5, 5.41) is 3.02. The number of nitrogens with one attached hydrogen (secondary N) is 1. The third kappa shape index (κ3) is 5.74. The number of aryl methyl sites for hydroxylation is 1.